The van der Waals surface area contributed by atoms with Gasteiger partial charge in [0.25, 0.3) is 5.91 Å². The van der Waals surface area contributed by atoms with Gasteiger partial charge in [-0.1, -0.05) is 120 Å². The van der Waals surface area contributed by atoms with Crippen LogP contribution in [-0.2, 0) is 47.4 Å². The summed E-state index contributed by atoms with van der Waals surface area (Å²) in [7, 11) is 2.85. The number of ether oxygens (including phenoxy) is 2. The second kappa shape index (κ2) is 33.3. The Morgan fingerprint density at radius 2 is 1.15 bits per heavy atom. The number of carboxylic acid groups (broad SMARTS) is 1. The van der Waals surface area contributed by atoms with Gasteiger partial charge < -0.3 is 34.5 Å². The summed E-state index contributed by atoms with van der Waals surface area (Å²) >= 11 is 14.4. The molecule has 456 valence electrons. The van der Waals surface area contributed by atoms with E-state index in [1.165, 1.54) is 37.5 Å². The number of ketones is 2. The van der Waals surface area contributed by atoms with Crippen molar-refractivity contribution in [2.24, 2.45) is 11.8 Å². The molecule has 2 aliphatic carbocycles. The Morgan fingerprint density at radius 1 is 0.647 bits per heavy atom. The second-order valence-electron chi connectivity index (χ2n) is 19.8. The first kappa shape index (κ1) is 68.3. The lowest BCUT2D eigenvalue weighted by atomic mass is 9.77. The molecule has 1 saturated carbocycles. The van der Waals surface area contributed by atoms with Crippen LogP contribution < -0.4 is 11.1 Å². The number of nitrogen functional groups attached to an aromatic ring is 1. The van der Waals surface area contributed by atoms with E-state index >= 15 is 0 Å². The molecule has 85 heavy (non-hydrogen) atoms. The molecular weight excluding hydrogens is 1190 g/mol. The van der Waals surface area contributed by atoms with Gasteiger partial charge >= 0.3 is 30.3 Å². The third kappa shape index (κ3) is 22.8. The van der Waals surface area contributed by atoms with Crippen molar-refractivity contribution < 1.29 is 78.5 Å². The maximum Gasteiger partial charge on any atom is 0.452 e. The number of hydrogen-bond donors (Lipinski definition) is 3. The molecular formula is C61H63Cl3F6N4O11. The summed E-state index contributed by atoms with van der Waals surface area (Å²) in [6.45, 7) is -0.320. The number of Topliss-reactive ketones (excluding diaryl/α,β-unsaturated/α-hetero) is 2. The van der Waals surface area contributed by atoms with E-state index in [2.05, 4.69) is 39.6 Å². The van der Waals surface area contributed by atoms with Gasteiger partial charge in [-0.05, 0) is 116 Å². The molecule has 1 fully saturated rings. The number of amides is 1. The van der Waals surface area contributed by atoms with Gasteiger partial charge in [-0.3, -0.25) is 28.8 Å². The number of nitrogens with zero attached hydrogens (tertiary/aromatic N) is 2. The van der Waals surface area contributed by atoms with E-state index in [0.29, 0.717) is 42.1 Å². The Labute approximate surface area is 501 Å². The van der Waals surface area contributed by atoms with Crippen molar-refractivity contribution in [1.82, 2.24) is 15.3 Å². The lowest BCUT2D eigenvalue weighted by Gasteiger charge is -2.28. The first-order valence-electron chi connectivity index (χ1n) is 26.8. The third-order valence-corrected chi connectivity index (χ3v) is 13.6. The molecule has 2 unspecified atom stereocenters. The van der Waals surface area contributed by atoms with Crippen LogP contribution in [0.4, 0.5) is 32.0 Å². The average Bonchev–Trinajstić information content (AvgIpc) is 2.89. The van der Waals surface area contributed by atoms with Crippen molar-refractivity contribution in [3.05, 3.63) is 161 Å². The van der Waals surface area contributed by atoms with Crippen molar-refractivity contribution in [3.8, 4) is 22.9 Å². The minimum Gasteiger partial charge on any atom is -0.481 e. The number of nitrogens with two attached hydrogens (primary N) is 1. The molecule has 8 rings (SSSR count). The normalized spacial score (nSPS) is 16.5. The van der Waals surface area contributed by atoms with Crippen LogP contribution in [0.25, 0.3) is 22.9 Å². The number of carbonyl (C=O) groups is 6. The Hall–Kier alpha value is -7.49. The predicted molar refractivity (Wildman–Crippen MR) is 307 cm³/mol. The van der Waals surface area contributed by atoms with E-state index in [-0.39, 0.29) is 67.3 Å². The first-order valence-corrected chi connectivity index (χ1v) is 28.2. The molecule has 4 N–H and O–H groups in total. The van der Waals surface area contributed by atoms with Crippen molar-refractivity contribution in [2.45, 2.75) is 112 Å². The van der Waals surface area contributed by atoms with Gasteiger partial charge in [0.2, 0.25) is 23.3 Å². The highest BCUT2D eigenvalue weighted by Gasteiger charge is 2.43. The number of benzene rings is 4. The van der Waals surface area contributed by atoms with Crippen LogP contribution in [-0.4, -0.2) is 75.5 Å². The van der Waals surface area contributed by atoms with Crippen LogP contribution in [0, 0.1) is 11.8 Å². The summed E-state index contributed by atoms with van der Waals surface area (Å²) in [6.07, 6.45) is 1.30. The average molecular weight is 1250 g/mol. The highest BCUT2D eigenvalue weighted by molar-refractivity contribution is 6.63. The fraction of sp³-hybridized carbons (Fsp3) is 0.377. The number of alkyl halides is 9. The van der Waals surface area contributed by atoms with E-state index in [1.807, 2.05) is 36.4 Å². The number of esters is 2. The number of anilines is 1. The Balaban J connectivity index is 0.000000247. The number of methoxy groups -OCH3 is 2. The number of rotatable bonds is 19. The van der Waals surface area contributed by atoms with Crippen LogP contribution in [0.2, 0.25) is 0 Å². The Morgan fingerprint density at radius 3 is 1.65 bits per heavy atom. The fourth-order valence-corrected chi connectivity index (χ4v) is 9.32. The lowest BCUT2D eigenvalue weighted by molar-refractivity contribution is -0.153. The minimum atomic E-state index is -4.90. The molecule has 2 aliphatic rings. The summed E-state index contributed by atoms with van der Waals surface area (Å²) in [5.41, 5.74) is 8.75. The highest BCUT2D eigenvalue weighted by atomic mass is 35.6. The highest BCUT2D eigenvalue weighted by Crippen LogP contribution is 2.39. The number of carbonyl (C=O) groups excluding carboxylic acids is 5. The van der Waals surface area contributed by atoms with Gasteiger partial charge in [-0.25, -0.2) is 9.97 Å². The number of allylic oxidation sites excluding steroid dienone is 2. The van der Waals surface area contributed by atoms with E-state index in [1.54, 1.807) is 48.5 Å². The number of nitrogens with one attached hydrogen (secondary N) is 1. The van der Waals surface area contributed by atoms with Crippen LogP contribution in [0.15, 0.2) is 130 Å². The van der Waals surface area contributed by atoms with Gasteiger partial charge in [0.1, 0.15) is 5.78 Å². The van der Waals surface area contributed by atoms with Crippen LogP contribution >= 0.6 is 34.8 Å². The summed E-state index contributed by atoms with van der Waals surface area (Å²) in [5, 5.41) is 10.5. The van der Waals surface area contributed by atoms with Crippen LogP contribution in [0.5, 0.6) is 0 Å². The number of aliphatic carboxylic acids is 1. The molecule has 0 spiro atoms. The maximum atomic E-state index is 13.5. The third-order valence-electron chi connectivity index (χ3n) is 13.6. The summed E-state index contributed by atoms with van der Waals surface area (Å²) in [5.74, 6) is -5.54. The molecule has 2 heterocycles. The van der Waals surface area contributed by atoms with Gasteiger partial charge in [-0.2, -0.15) is 26.3 Å². The molecule has 0 aliphatic heterocycles. The summed E-state index contributed by atoms with van der Waals surface area (Å²) in [6, 6.07) is 31.8. The zero-order valence-electron chi connectivity index (χ0n) is 46.2. The van der Waals surface area contributed by atoms with E-state index in [4.69, 9.17) is 64.0 Å². The second-order valence-corrected chi connectivity index (χ2v) is 21.8. The molecule has 2 aromatic heterocycles. The number of carboxylic acids is 1. The molecule has 0 bridgehead atoms. The van der Waals surface area contributed by atoms with Crippen LogP contribution in [0.3, 0.4) is 0 Å². The van der Waals surface area contributed by atoms with Crippen molar-refractivity contribution >= 4 is 75.9 Å². The SMILES string of the molecule is COC(=O)CC1C=CC(c2ccc(N)cc2)CC1.COC(=O)CC1CCC(c2ccc(CC(=O)CCCC(=O)c3nc(-c4ccccc4)oc3C(F)(F)F)cc2)CC1.ClC(Cl)Cl.O=C(O)CCNC(=O)c1nc(-c2ccccc2)oc1C(F)(F)F. The Kier molecular flexibility index (Phi) is 26.7. The summed E-state index contributed by atoms with van der Waals surface area (Å²) in [4.78, 5) is 77.5. The monoisotopic (exact) mass is 1250 g/mol. The molecule has 24 heteroatoms. The molecule has 6 aromatic rings. The zero-order valence-corrected chi connectivity index (χ0v) is 48.5. The van der Waals surface area contributed by atoms with Crippen molar-refractivity contribution in [2.75, 3.05) is 26.5 Å². The van der Waals surface area contributed by atoms with Gasteiger partial charge in [0, 0.05) is 55.0 Å². The quantitative estimate of drug-likeness (QED) is 0.0171. The Bertz CT molecular complexity index is 3150. The molecule has 1 amide bonds. The van der Waals surface area contributed by atoms with Crippen LogP contribution in [0.1, 0.15) is 138 Å². The minimum absolute atomic E-state index is 0.0719. The number of halogens is 9. The molecule has 15 nitrogen and oxygen atoms in total. The van der Waals surface area contributed by atoms with Gasteiger partial charge in [-0.15, -0.1) is 0 Å². The van der Waals surface area contributed by atoms with E-state index < -0.39 is 63.6 Å². The fourth-order valence-electron chi connectivity index (χ4n) is 9.32. The van der Waals surface area contributed by atoms with Gasteiger partial charge in [0.05, 0.1) is 27.1 Å². The largest absolute Gasteiger partial charge is 0.481 e. The molecule has 0 radical (unpaired) electrons. The summed E-state index contributed by atoms with van der Waals surface area (Å²) < 4.78 is 97.8. The number of hydrogen-bond acceptors (Lipinski definition) is 13. The first-order chi connectivity index (χ1) is 40.3. The van der Waals surface area contributed by atoms with E-state index in [9.17, 15) is 55.1 Å². The number of aromatic nitrogens is 2. The van der Waals surface area contributed by atoms with Crippen molar-refractivity contribution in [3.63, 3.8) is 0 Å². The topological polar surface area (TPSA) is 231 Å². The standard InChI is InChI=1S/C31H32F3NO5.C15H19NO2.C14H11F3N2O4.CHCl3/c1-39-27(38)19-21-12-16-23(17-13-21)22-14-10-20(11-15-22)18-25(36)8-5-9-26(37)28-29(31(32,33)34)40-30(35-28)24-6-3-2-4-7-24;1-18-15(17)10-11-2-4-12(5-3-11)13-6-8-14(16)9-7-13;15-14(16,17)11-10(12(22)18-7-6-9(20)21)19-13(23-11)8-4-2-1-3-5-8;2-1(3)4/h2-4,6-7,10-11,14-15,21,23H,5,8-9,12-13,16-19H2,1H3;2,4,6-9,11-12H,3,5,10,16H2,1H3;1-5H,6-7H2,(H,18,22)(H,20,21);1H. The van der Waals surface area contributed by atoms with Crippen molar-refractivity contribution in [1.29, 1.82) is 0 Å². The zero-order chi connectivity index (χ0) is 62.3. The van der Waals surface area contributed by atoms with Gasteiger partial charge in [0.15, 0.2) is 21.5 Å². The smallest absolute Gasteiger partial charge is 0.452 e. The maximum absolute atomic E-state index is 13.5. The number of oxazole rings is 2. The molecule has 2 atom stereocenters. The molecule has 0 saturated heterocycles. The van der Waals surface area contributed by atoms with E-state index in [0.717, 1.165) is 49.8 Å². The molecule has 4 aromatic carbocycles. The predicted octanol–water partition coefficient (Wildman–Crippen LogP) is 14.8. The lowest BCUT2D eigenvalue weighted by Crippen LogP contribution is -2.28.